The van der Waals surface area contributed by atoms with Gasteiger partial charge in [0, 0.05) is 31.4 Å². The zero-order chi connectivity index (χ0) is 13.0. The fourth-order valence-electron chi connectivity index (χ4n) is 2.74. The highest BCUT2D eigenvalue weighted by Crippen LogP contribution is 2.22. The van der Waals surface area contributed by atoms with Crippen molar-refractivity contribution in [1.82, 2.24) is 4.90 Å². The van der Waals surface area contributed by atoms with E-state index in [1.807, 2.05) is 7.05 Å². The third-order valence-electron chi connectivity index (χ3n) is 4.04. The van der Waals surface area contributed by atoms with Crippen molar-refractivity contribution in [2.45, 2.75) is 44.3 Å². The summed E-state index contributed by atoms with van der Waals surface area (Å²) in [6.45, 7) is 1.03. The summed E-state index contributed by atoms with van der Waals surface area (Å²) in [6.07, 6.45) is 4.83. The van der Waals surface area contributed by atoms with Crippen LogP contribution in [0.2, 0.25) is 0 Å². The molecule has 0 atom stereocenters. The summed E-state index contributed by atoms with van der Waals surface area (Å²) in [5.41, 5.74) is 8.51. The first-order valence-corrected chi connectivity index (χ1v) is 6.91. The van der Waals surface area contributed by atoms with E-state index in [-0.39, 0.29) is 0 Å². The van der Waals surface area contributed by atoms with Crippen LogP contribution in [0.25, 0.3) is 0 Å². The number of hydrogen-bond acceptors (Lipinski definition) is 3. The second-order valence-corrected chi connectivity index (χ2v) is 5.43. The standard InChI is InChI=1S/C15H25N3/c1-17-14-7-3-12(4-8-14)11-18(2)15-9-5-13(16)6-10-15/h3-4,7-8,13,15,17H,5-6,9-11,16H2,1-2H3. The Morgan fingerprint density at radius 3 is 2.33 bits per heavy atom. The maximum Gasteiger partial charge on any atom is 0.0337 e. The summed E-state index contributed by atoms with van der Waals surface area (Å²) < 4.78 is 0. The van der Waals surface area contributed by atoms with Crippen LogP contribution >= 0.6 is 0 Å². The molecule has 0 heterocycles. The van der Waals surface area contributed by atoms with Gasteiger partial charge in [0.1, 0.15) is 0 Å². The average Bonchev–Trinajstić information content (AvgIpc) is 2.40. The molecule has 3 heteroatoms. The minimum atomic E-state index is 0.435. The van der Waals surface area contributed by atoms with Crippen molar-refractivity contribution in [2.24, 2.45) is 5.73 Å². The largest absolute Gasteiger partial charge is 0.388 e. The van der Waals surface area contributed by atoms with Crippen molar-refractivity contribution in [1.29, 1.82) is 0 Å². The third-order valence-corrected chi connectivity index (χ3v) is 4.04. The molecule has 1 aromatic rings. The number of rotatable bonds is 4. The van der Waals surface area contributed by atoms with Gasteiger partial charge < -0.3 is 11.1 Å². The molecule has 0 aromatic heterocycles. The van der Waals surface area contributed by atoms with Gasteiger partial charge in [0.05, 0.1) is 0 Å². The van der Waals surface area contributed by atoms with Gasteiger partial charge in [-0.05, 0) is 50.4 Å². The Bertz CT molecular complexity index is 353. The van der Waals surface area contributed by atoms with E-state index in [1.54, 1.807) is 0 Å². The first kappa shape index (κ1) is 13.4. The van der Waals surface area contributed by atoms with E-state index in [0.717, 1.165) is 6.54 Å². The number of nitrogens with one attached hydrogen (secondary N) is 1. The minimum absolute atomic E-state index is 0.435. The molecule has 2 rings (SSSR count). The number of benzene rings is 1. The molecule has 0 bridgehead atoms. The van der Waals surface area contributed by atoms with Gasteiger partial charge in [-0.1, -0.05) is 12.1 Å². The molecule has 1 saturated carbocycles. The van der Waals surface area contributed by atoms with Gasteiger partial charge in [-0.25, -0.2) is 0 Å². The Kier molecular flexibility index (Phi) is 4.61. The molecular formula is C15H25N3. The minimum Gasteiger partial charge on any atom is -0.388 e. The predicted octanol–water partition coefficient (Wildman–Crippen LogP) is 2.43. The lowest BCUT2D eigenvalue weighted by Crippen LogP contribution is -2.38. The monoisotopic (exact) mass is 247 g/mol. The molecule has 3 nitrogen and oxygen atoms in total. The van der Waals surface area contributed by atoms with Gasteiger partial charge in [-0.3, -0.25) is 4.90 Å². The van der Waals surface area contributed by atoms with Gasteiger partial charge in [-0.2, -0.15) is 0 Å². The van der Waals surface area contributed by atoms with E-state index < -0.39 is 0 Å². The molecule has 100 valence electrons. The van der Waals surface area contributed by atoms with Crippen LogP contribution in [0.3, 0.4) is 0 Å². The molecule has 0 unspecified atom stereocenters. The maximum absolute atomic E-state index is 5.96. The lowest BCUT2D eigenvalue weighted by molar-refractivity contribution is 0.176. The fraction of sp³-hybridized carbons (Fsp3) is 0.600. The van der Waals surface area contributed by atoms with Crippen molar-refractivity contribution in [2.75, 3.05) is 19.4 Å². The van der Waals surface area contributed by atoms with Crippen LogP contribution in [0, 0.1) is 0 Å². The molecule has 18 heavy (non-hydrogen) atoms. The molecule has 0 aliphatic heterocycles. The number of hydrogen-bond donors (Lipinski definition) is 2. The van der Waals surface area contributed by atoms with E-state index in [2.05, 4.69) is 41.5 Å². The SMILES string of the molecule is CNc1ccc(CN(C)C2CCC(N)CC2)cc1. The average molecular weight is 247 g/mol. The van der Waals surface area contributed by atoms with Gasteiger partial charge in [0.25, 0.3) is 0 Å². The molecule has 1 aliphatic rings. The van der Waals surface area contributed by atoms with Crippen molar-refractivity contribution in [3.05, 3.63) is 29.8 Å². The van der Waals surface area contributed by atoms with E-state index in [9.17, 15) is 0 Å². The number of nitrogens with two attached hydrogens (primary N) is 1. The van der Waals surface area contributed by atoms with Gasteiger partial charge in [0.2, 0.25) is 0 Å². The van der Waals surface area contributed by atoms with Crippen molar-refractivity contribution >= 4 is 5.69 Å². The first-order chi connectivity index (χ1) is 8.69. The predicted molar refractivity (Wildman–Crippen MR) is 77.7 cm³/mol. The molecule has 0 radical (unpaired) electrons. The molecule has 1 fully saturated rings. The summed E-state index contributed by atoms with van der Waals surface area (Å²) in [5.74, 6) is 0. The molecular weight excluding hydrogens is 222 g/mol. The van der Waals surface area contributed by atoms with Crippen molar-refractivity contribution < 1.29 is 0 Å². The lowest BCUT2D eigenvalue weighted by atomic mass is 9.91. The summed E-state index contributed by atoms with van der Waals surface area (Å²) in [6, 6.07) is 9.83. The van der Waals surface area contributed by atoms with Crippen LogP contribution in [-0.4, -0.2) is 31.1 Å². The van der Waals surface area contributed by atoms with E-state index >= 15 is 0 Å². The van der Waals surface area contributed by atoms with Crippen molar-refractivity contribution in [3.63, 3.8) is 0 Å². The van der Waals surface area contributed by atoms with E-state index in [4.69, 9.17) is 5.73 Å². The van der Waals surface area contributed by atoms with Crippen LogP contribution in [0.4, 0.5) is 5.69 Å². The lowest BCUT2D eigenvalue weighted by Gasteiger charge is -2.33. The van der Waals surface area contributed by atoms with Gasteiger partial charge in [0.15, 0.2) is 0 Å². The summed E-state index contributed by atoms with van der Waals surface area (Å²) in [5, 5.41) is 3.15. The molecule has 0 saturated heterocycles. The smallest absolute Gasteiger partial charge is 0.0337 e. The van der Waals surface area contributed by atoms with Crippen molar-refractivity contribution in [3.8, 4) is 0 Å². The highest BCUT2D eigenvalue weighted by molar-refractivity contribution is 5.43. The normalized spacial score (nSPS) is 24.2. The van der Waals surface area contributed by atoms with Crippen LogP contribution < -0.4 is 11.1 Å². The van der Waals surface area contributed by atoms with E-state index in [0.29, 0.717) is 12.1 Å². The summed E-state index contributed by atoms with van der Waals surface area (Å²) in [7, 11) is 4.18. The Morgan fingerprint density at radius 1 is 1.17 bits per heavy atom. The molecule has 0 amide bonds. The Labute approximate surface area is 110 Å². The Morgan fingerprint density at radius 2 is 1.78 bits per heavy atom. The molecule has 3 N–H and O–H groups in total. The topological polar surface area (TPSA) is 41.3 Å². The maximum atomic E-state index is 5.96. The van der Waals surface area contributed by atoms with E-state index in [1.165, 1.54) is 36.9 Å². The number of anilines is 1. The van der Waals surface area contributed by atoms with Crippen LogP contribution in [0.15, 0.2) is 24.3 Å². The van der Waals surface area contributed by atoms with Gasteiger partial charge in [-0.15, -0.1) is 0 Å². The van der Waals surface area contributed by atoms with Crippen LogP contribution in [0.5, 0.6) is 0 Å². The van der Waals surface area contributed by atoms with Gasteiger partial charge >= 0.3 is 0 Å². The zero-order valence-corrected chi connectivity index (χ0v) is 11.5. The fourth-order valence-corrected chi connectivity index (χ4v) is 2.74. The van der Waals surface area contributed by atoms with Crippen LogP contribution in [-0.2, 0) is 6.54 Å². The quantitative estimate of drug-likeness (QED) is 0.858. The highest BCUT2D eigenvalue weighted by atomic mass is 15.1. The molecule has 1 aliphatic carbocycles. The summed E-state index contributed by atoms with van der Waals surface area (Å²) in [4.78, 5) is 2.47. The second kappa shape index (κ2) is 6.21. The zero-order valence-electron chi connectivity index (χ0n) is 11.5. The first-order valence-electron chi connectivity index (χ1n) is 6.91. The second-order valence-electron chi connectivity index (χ2n) is 5.43. The number of nitrogens with zero attached hydrogens (tertiary/aromatic N) is 1. The summed E-state index contributed by atoms with van der Waals surface area (Å²) >= 11 is 0. The molecule has 1 aromatic carbocycles. The highest BCUT2D eigenvalue weighted by Gasteiger charge is 2.21. The Balaban J connectivity index is 1.87. The molecule has 0 spiro atoms. The third kappa shape index (κ3) is 3.47. The van der Waals surface area contributed by atoms with Crippen LogP contribution in [0.1, 0.15) is 31.2 Å². The Hall–Kier alpha value is -1.06.